The van der Waals surface area contributed by atoms with Gasteiger partial charge in [-0.1, -0.05) is 76.6 Å². The molecule has 34 heavy (non-hydrogen) atoms. The first-order valence-electron chi connectivity index (χ1n) is 13.7. The van der Waals surface area contributed by atoms with Gasteiger partial charge in [-0.2, -0.15) is 0 Å². The van der Waals surface area contributed by atoms with Crippen LogP contribution in [0.2, 0.25) is 0 Å². The van der Waals surface area contributed by atoms with E-state index in [0.29, 0.717) is 17.8 Å². The molecule has 0 fully saturated rings. The summed E-state index contributed by atoms with van der Waals surface area (Å²) in [6.45, 7) is 13.4. The van der Waals surface area contributed by atoms with E-state index in [4.69, 9.17) is 0 Å². The van der Waals surface area contributed by atoms with Gasteiger partial charge in [-0.15, -0.1) is 0 Å². The first-order chi connectivity index (χ1) is 16.4. The van der Waals surface area contributed by atoms with Crippen LogP contribution < -0.4 is 5.32 Å². The van der Waals surface area contributed by atoms with Crippen molar-refractivity contribution >= 4 is 11.6 Å². The SMILES string of the molecule is CC.CCC1C(=O)C2=C(NCC(CC3(CC)CC=CC3)C2Cc2ccc(C)cc2)C(CC)C1=O. The number of ketones is 2. The van der Waals surface area contributed by atoms with Gasteiger partial charge in [0.05, 0.1) is 11.8 Å². The van der Waals surface area contributed by atoms with Crippen molar-refractivity contribution in [3.8, 4) is 0 Å². The first-order valence-corrected chi connectivity index (χ1v) is 13.7. The molecular formula is C31H45NO2. The van der Waals surface area contributed by atoms with Crippen LogP contribution in [0, 0.1) is 36.0 Å². The molecule has 1 aromatic rings. The Kier molecular flexibility index (Phi) is 8.95. The van der Waals surface area contributed by atoms with Crippen LogP contribution >= 0.6 is 0 Å². The number of aryl methyl sites for hydroxylation is 1. The Morgan fingerprint density at radius 2 is 1.56 bits per heavy atom. The smallest absolute Gasteiger partial charge is 0.171 e. The highest BCUT2D eigenvalue weighted by molar-refractivity contribution is 6.15. The summed E-state index contributed by atoms with van der Waals surface area (Å²) in [7, 11) is 0. The fraction of sp³-hybridized carbons (Fsp3) is 0.613. The van der Waals surface area contributed by atoms with E-state index in [-0.39, 0.29) is 23.4 Å². The molecule has 3 nitrogen and oxygen atoms in total. The van der Waals surface area contributed by atoms with Gasteiger partial charge in [0.1, 0.15) is 0 Å². The number of Topliss-reactive ketones (excluding diaryl/α,β-unsaturated/α-hetero) is 2. The lowest BCUT2D eigenvalue weighted by molar-refractivity contribution is -0.135. The summed E-state index contributed by atoms with van der Waals surface area (Å²) in [6.07, 6.45) is 11.5. The van der Waals surface area contributed by atoms with Crippen molar-refractivity contribution in [2.24, 2.45) is 29.1 Å². The number of hydrogen-bond donors (Lipinski definition) is 1. The van der Waals surface area contributed by atoms with E-state index in [1.54, 1.807) is 0 Å². The Bertz CT molecular complexity index is 915. The molecule has 0 radical (unpaired) electrons. The van der Waals surface area contributed by atoms with Crippen molar-refractivity contribution in [1.29, 1.82) is 0 Å². The van der Waals surface area contributed by atoms with Crippen molar-refractivity contribution in [3.63, 3.8) is 0 Å². The molecule has 0 amide bonds. The van der Waals surface area contributed by atoms with E-state index in [9.17, 15) is 9.59 Å². The van der Waals surface area contributed by atoms with Crippen LogP contribution in [0.15, 0.2) is 47.7 Å². The van der Waals surface area contributed by atoms with Gasteiger partial charge in [0.2, 0.25) is 0 Å². The Morgan fingerprint density at radius 1 is 0.941 bits per heavy atom. The predicted octanol–water partition coefficient (Wildman–Crippen LogP) is 6.99. The summed E-state index contributed by atoms with van der Waals surface area (Å²) in [4.78, 5) is 26.8. The largest absolute Gasteiger partial charge is 0.387 e. The molecule has 0 bridgehead atoms. The Morgan fingerprint density at radius 3 is 2.12 bits per heavy atom. The summed E-state index contributed by atoms with van der Waals surface area (Å²) in [5, 5.41) is 3.64. The lowest BCUT2D eigenvalue weighted by atomic mass is 9.63. The summed E-state index contributed by atoms with van der Waals surface area (Å²) < 4.78 is 0. The zero-order chi connectivity index (χ0) is 24.9. The molecular weight excluding hydrogens is 418 g/mol. The number of hydrogen-bond acceptors (Lipinski definition) is 3. The second-order valence-electron chi connectivity index (χ2n) is 10.4. The quantitative estimate of drug-likeness (QED) is 0.350. The van der Waals surface area contributed by atoms with E-state index in [1.807, 2.05) is 20.8 Å². The zero-order valence-corrected chi connectivity index (χ0v) is 22.2. The monoisotopic (exact) mass is 463 g/mol. The molecule has 0 spiro atoms. The average molecular weight is 464 g/mol. The van der Waals surface area contributed by atoms with E-state index in [2.05, 4.69) is 62.5 Å². The number of rotatable bonds is 7. The maximum atomic E-state index is 13.7. The highest BCUT2D eigenvalue weighted by Crippen LogP contribution is 2.48. The number of benzene rings is 1. The van der Waals surface area contributed by atoms with Gasteiger partial charge in [0.15, 0.2) is 11.6 Å². The van der Waals surface area contributed by atoms with Crippen LogP contribution in [0.4, 0.5) is 0 Å². The van der Waals surface area contributed by atoms with Gasteiger partial charge in [-0.05, 0) is 74.7 Å². The number of carbonyl (C=O) groups is 2. The van der Waals surface area contributed by atoms with Gasteiger partial charge in [-0.25, -0.2) is 0 Å². The molecule has 4 rings (SSSR count). The molecule has 1 heterocycles. The summed E-state index contributed by atoms with van der Waals surface area (Å²) in [5.41, 5.74) is 4.78. The van der Waals surface area contributed by atoms with Crippen molar-refractivity contribution in [3.05, 3.63) is 58.8 Å². The van der Waals surface area contributed by atoms with Crippen LogP contribution in [0.3, 0.4) is 0 Å². The summed E-state index contributed by atoms with van der Waals surface area (Å²) >= 11 is 0. The molecule has 1 N–H and O–H groups in total. The van der Waals surface area contributed by atoms with Gasteiger partial charge in [0, 0.05) is 17.8 Å². The highest BCUT2D eigenvalue weighted by atomic mass is 16.2. The Labute approximate surface area is 207 Å². The van der Waals surface area contributed by atoms with Crippen molar-refractivity contribution < 1.29 is 9.59 Å². The maximum absolute atomic E-state index is 13.7. The molecule has 1 aromatic carbocycles. The minimum absolute atomic E-state index is 0.0987. The highest BCUT2D eigenvalue weighted by Gasteiger charge is 2.48. The van der Waals surface area contributed by atoms with Crippen LogP contribution in [0.1, 0.15) is 84.3 Å². The standard InChI is InChI=1S/C29H39NO2.C2H6/c1-5-22-26-25(28(32)23(6-2)27(22)31)24(16-20-12-10-19(4)11-13-20)21(18-30-26)17-29(7-3)14-8-9-15-29;1-2/h8-13,21-24,30H,5-7,14-18H2,1-4H3;1-2H3. The molecule has 2 aliphatic carbocycles. The Balaban J connectivity index is 0.00000158. The van der Waals surface area contributed by atoms with Gasteiger partial charge in [-0.3, -0.25) is 9.59 Å². The van der Waals surface area contributed by atoms with Crippen LogP contribution in [-0.4, -0.2) is 18.1 Å². The van der Waals surface area contributed by atoms with E-state index in [1.165, 1.54) is 17.5 Å². The molecule has 1 aliphatic heterocycles. The number of carbonyl (C=O) groups excluding carboxylic acids is 2. The Hall–Kier alpha value is -2.16. The zero-order valence-electron chi connectivity index (χ0n) is 22.2. The van der Waals surface area contributed by atoms with E-state index in [0.717, 1.165) is 49.9 Å². The molecule has 4 unspecified atom stereocenters. The van der Waals surface area contributed by atoms with Gasteiger partial charge >= 0.3 is 0 Å². The number of allylic oxidation sites excluding steroid dienone is 4. The lowest BCUT2D eigenvalue weighted by Gasteiger charge is -2.44. The molecule has 0 saturated heterocycles. The average Bonchev–Trinajstić information content (AvgIpc) is 3.32. The molecule has 3 heteroatoms. The van der Waals surface area contributed by atoms with Crippen molar-refractivity contribution in [2.75, 3.05) is 6.54 Å². The summed E-state index contributed by atoms with van der Waals surface area (Å²) in [6, 6.07) is 8.78. The van der Waals surface area contributed by atoms with Crippen molar-refractivity contribution in [2.45, 2.75) is 86.5 Å². The molecule has 186 valence electrons. The normalized spacial score (nSPS) is 27.7. The fourth-order valence-electron chi connectivity index (χ4n) is 6.40. The summed E-state index contributed by atoms with van der Waals surface area (Å²) in [5.74, 6) is 0.199. The second kappa shape index (κ2) is 11.5. The van der Waals surface area contributed by atoms with Crippen LogP contribution in [0.5, 0.6) is 0 Å². The van der Waals surface area contributed by atoms with E-state index < -0.39 is 5.92 Å². The number of nitrogens with one attached hydrogen (secondary N) is 1. The second-order valence-corrected chi connectivity index (χ2v) is 10.4. The van der Waals surface area contributed by atoms with Crippen LogP contribution in [-0.2, 0) is 16.0 Å². The third-order valence-corrected chi connectivity index (χ3v) is 8.51. The molecule has 0 aromatic heterocycles. The maximum Gasteiger partial charge on any atom is 0.171 e. The topological polar surface area (TPSA) is 46.2 Å². The third kappa shape index (κ3) is 5.09. The van der Waals surface area contributed by atoms with Crippen molar-refractivity contribution in [1.82, 2.24) is 5.32 Å². The fourth-order valence-corrected chi connectivity index (χ4v) is 6.40. The molecule has 4 atom stereocenters. The minimum atomic E-state index is -0.465. The lowest BCUT2D eigenvalue weighted by Crippen LogP contribution is -2.50. The first kappa shape index (κ1) is 26.4. The molecule has 0 saturated carbocycles. The predicted molar refractivity (Wildman–Crippen MR) is 142 cm³/mol. The minimum Gasteiger partial charge on any atom is -0.387 e. The van der Waals surface area contributed by atoms with Gasteiger partial charge < -0.3 is 5.32 Å². The van der Waals surface area contributed by atoms with Crippen LogP contribution in [0.25, 0.3) is 0 Å². The van der Waals surface area contributed by atoms with E-state index >= 15 is 0 Å². The third-order valence-electron chi connectivity index (χ3n) is 8.51. The molecule has 3 aliphatic rings. The van der Waals surface area contributed by atoms with Gasteiger partial charge in [0.25, 0.3) is 0 Å².